The van der Waals surface area contributed by atoms with Crippen molar-refractivity contribution in [3.63, 3.8) is 0 Å². The van der Waals surface area contributed by atoms with Gasteiger partial charge in [-0.1, -0.05) is 111 Å². The van der Waals surface area contributed by atoms with Crippen LogP contribution >= 0.6 is 0 Å². The van der Waals surface area contributed by atoms with Crippen LogP contribution in [0.2, 0.25) is 0 Å². The molecule has 0 fully saturated rings. The third kappa shape index (κ3) is 23.5. The van der Waals surface area contributed by atoms with Gasteiger partial charge in [0.2, 0.25) is 0 Å². The average molecular weight is 498 g/mol. The molecule has 0 aromatic heterocycles. The van der Waals surface area contributed by atoms with Gasteiger partial charge in [-0.3, -0.25) is 4.79 Å². The van der Waals surface area contributed by atoms with E-state index in [9.17, 15) is 4.79 Å². The summed E-state index contributed by atoms with van der Waals surface area (Å²) in [4.78, 5) is 14.8. The Hall–Kier alpha value is -0.610. The van der Waals surface area contributed by atoms with Gasteiger partial charge in [-0.2, -0.15) is 0 Å². The van der Waals surface area contributed by atoms with Gasteiger partial charge in [-0.05, 0) is 64.6 Å². The summed E-state index contributed by atoms with van der Waals surface area (Å²) in [6, 6.07) is 0. The fourth-order valence-electron chi connectivity index (χ4n) is 4.80. The Morgan fingerprint density at radius 1 is 0.629 bits per heavy atom. The summed E-state index contributed by atoms with van der Waals surface area (Å²) in [6.07, 6.45) is 25.9. The lowest BCUT2D eigenvalue weighted by Gasteiger charge is -2.22. The molecule has 210 valence electrons. The predicted molar refractivity (Wildman–Crippen MR) is 152 cm³/mol. The van der Waals surface area contributed by atoms with Crippen LogP contribution in [0.1, 0.15) is 156 Å². The van der Waals surface area contributed by atoms with E-state index in [4.69, 9.17) is 9.84 Å². The number of hydrogen-bond acceptors (Lipinski definition) is 4. The van der Waals surface area contributed by atoms with Gasteiger partial charge in [-0.25, -0.2) is 0 Å². The Morgan fingerprint density at radius 3 is 1.57 bits per heavy atom. The maximum Gasteiger partial charge on any atom is 0.308 e. The van der Waals surface area contributed by atoms with E-state index in [-0.39, 0.29) is 11.9 Å². The van der Waals surface area contributed by atoms with Gasteiger partial charge in [0.25, 0.3) is 0 Å². The van der Waals surface area contributed by atoms with Crippen molar-refractivity contribution in [3.8, 4) is 0 Å². The van der Waals surface area contributed by atoms with E-state index in [0.717, 1.165) is 51.5 Å². The first kappa shape index (κ1) is 34.4. The van der Waals surface area contributed by atoms with Gasteiger partial charge in [0.05, 0.1) is 12.5 Å². The molecule has 0 heterocycles. The monoisotopic (exact) mass is 497 g/mol. The molecule has 0 saturated carbocycles. The summed E-state index contributed by atoms with van der Waals surface area (Å²) in [7, 11) is 0. The van der Waals surface area contributed by atoms with Crippen LogP contribution in [-0.2, 0) is 9.53 Å². The second-order valence-corrected chi connectivity index (χ2v) is 10.6. The van der Waals surface area contributed by atoms with Crippen molar-refractivity contribution in [2.45, 2.75) is 156 Å². The summed E-state index contributed by atoms with van der Waals surface area (Å²) >= 11 is 0. The van der Waals surface area contributed by atoms with Gasteiger partial charge in [-0.15, -0.1) is 0 Å². The summed E-state index contributed by atoms with van der Waals surface area (Å²) in [6.45, 7) is 11.1. The van der Waals surface area contributed by atoms with Crippen molar-refractivity contribution in [2.24, 2.45) is 5.92 Å². The molecule has 0 amide bonds. The van der Waals surface area contributed by atoms with E-state index in [0.29, 0.717) is 13.2 Å². The van der Waals surface area contributed by atoms with E-state index >= 15 is 0 Å². The first-order chi connectivity index (χ1) is 17.2. The maximum absolute atomic E-state index is 12.1. The van der Waals surface area contributed by atoms with Crippen molar-refractivity contribution < 1.29 is 14.6 Å². The molecule has 0 spiro atoms. The van der Waals surface area contributed by atoms with Crippen LogP contribution < -0.4 is 0 Å². The minimum atomic E-state index is 0.0245. The number of unbranched alkanes of at least 4 members (excludes halogenated alkanes) is 15. The highest BCUT2D eigenvalue weighted by atomic mass is 16.5. The van der Waals surface area contributed by atoms with Crippen LogP contribution in [0.4, 0.5) is 0 Å². The normalized spacial score (nSPS) is 12.4. The second-order valence-electron chi connectivity index (χ2n) is 10.6. The highest BCUT2D eigenvalue weighted by Crippen LogP contribution is 2.15. The van der Waals surface area contributed by atoms with E-state index in [1.165, 1.54) is 103 Å². The van der Waals surface area contributed by atoms with Crippen LogP contribution in [0.5, 0.6) is 0 Å². The zero-order valence-electron chi connectivity index (χ0n) is 24.2. The summed E-state index contributed by atoms with van der Waals surface area (Å²) in [5.74, 6) is 0.130. The standard InChI is InChI=1S/C31H63NO3/c1-4-7-9-10-11-13-16-19-25-32(27-21-22-28-33)26-20-17-14-12-15-18-23-29-35-31(34)30(6-3)24-8-5-2/h30,33H,4-29H2,1-3H3. The Morgan fingerprint density at radius 2 is 1.09 bits per heavy atom. The number of nitrogens with zero attached hydrogens (tertiary/aromatic N) is 1. The van der Waals surface area contributed by atoms with Crippen LogP contribution in [0.25, 0.3) is 0 Å². The number of hydrogen-bond donors (Lipinski definition) is 1. The molecule has 1 unspecified atom stereocenters. The maximum atomic E-state index is 12.1. The minimum absolute atomic E-state index is 0.0245. The van der Waals surface area contributed by atoms with Crippen molar-refractivity contribution in [1.29, 1.82) is 0 Å². The highest BCUT2D eigenvalue weighted by molar-refractivity contribution is 5.72. The van der Waals surface area contributed by atoms with Crippen molar-refractivity contribution in [2.75, 3.05) is 32.8 Å². The molecule has 0 radical (unpaired) electrons. The predicted octanol–water partition coefficient (Wildman–Crippen LogP) is 8.69. The molecule has 0 aliphatic carbocycles. The first-order valence-corrected chi connectivity index (χ1v) is 15.7. The Kier molecular flexibility index (Phi) is 27.5. The minimum Gasteiger partial charge on any atom is -0.465 e. The molecule has 0 aromatic rings. The number of aliphatic hydroxyl groups excluding tert-OH is 1. The Bertz CT molecular complexity index is 429. The zero-order chi connectivity index (χ0) is 25.8. The Balaban J connectivity index is 3.73. The number of esters is 1. The lowest BCUT2D eigenvalue weighted by atomic mass is 10.00. The molecule has 0 bridgehead atoms. The molecule has 0 aromatic carbocycles. The topological polar surface area (TPSA) is 49.8 Å². The number of carbonyl (C=O) groups is 1. The first-order valence-electron chi connectivity index (χ1n) is 15.7. The molecule has 1 atom stereocenters. The van der Waals surface area contributed by atoms with Crippen LogP contribution in [0.15, 0.2) is 0 Å². The molecular formula is C31H63NO3. The molecule has 4 nitrogen and oxygen atoms in total. The van der Waals surface area contributed by atoms with Crippen molar-refractivity contribution >= 4 is 5.97 Å². The summed E-state index contributed by atoms with van der Waals surface area (Å²) < 4.78 is 5.51. The largest absolute Gasteiger partial charge is 0.465 e. The fraction of sp³-hybridized carbons (Fsp3) is 0.968. The number of rotatable bonds is 28. The van der Waals surface area contributed by atoms with E-state index in [1.54, 1.807) is 0 Å². The third-order valence-corrected chi connectivity index (χ3v) is 7.31. The fourth-order valence-corrected chi connectivity index (χ4v) is 4.80. The third-order valence-electron chi connectivity index (χ3n) is 7.31. The Labute approximate surface area is 220 Å². The number of ether oxygens (including phenoxy) is 1. The average Bonchev–Trinajstić information content (AvgIpc) is 2.86. The molecular weight excluding hydrogens is 434 g/mol. The molecule has 35 heavy (non-hydrogen) atoms. The second kappa shape index (κ2) is 28.0. The van der Waals surface area contributed by atoms with E-state index < -0.39 is 0 Å². The highest BCUT2D eigenvalue weighted by Gasteiger charge is 2.16. The van der Waals surface area contributed by atoms with Crippen LogP contribution in [0.3, 0.4) is 0 Å². The quantitative estimate of drug-likeness (QED) is 0.0867. The molecule has 0 rings (SSSR count). The number of aliphatic hydroxyl groups is 1. The molecule has 0 aliphatic heterocycles. The SMILES string of the molecule is CCCCCCCCCCN(CCCCO)CCCCCCCCCOC(=O)C(CC)CCCC. The van der Waals surface area contributed by atoms with Crippen molar-refractivity contribution in [3.05, 3.63) is 0 Å². The van der Waals surface area contributed by atoms with Gasteiger partial charge in [0.1, 0.15) is 0 Å². The van der Waals surface area contributed by atoms with Crippen molar-refractivity contribution in [1.82, 2.24) is 4.90 Å². The van der Waals surface area contributed by atoms with Gasteiger partial charge in [0.15, 0.2) is 0 Å². The molecule has 1 N–H and O–H groups in total. The van der Waals surface area contributed by atoms with Crippen LogP contribution in [-0.4, -0.2) is 48.8 Å². The van der Waals surface area contributed by atoms with Gasteiger partial charge in [0, 0.05) is 6.61 Å². The number of carbonyl (C=O) groups excluding carboxylic acids is 1. The smallest absolute Gasteiger partial charge is 0.308 e. The lowest BCUT2D eigenvalue weighted by Crippen LogP contribution is -2.27. The van der Waals surface area contributed by atoms with Crippen LogP contribution in [0, 0.1) is 5.92 Å². The molecule has 4 heteroatoms. The summed E-state index contributed by atoms with van der Waals surface area (Å²) in [5, 5.41) is 9.12. The van der Waals surface area contributed by atoms with Gasteiger partial charge < -0.3 is 14.7 Å². The van der Waals surface area contributed by atoms with E-state index in [2.05, 4.69) is 25.7 Å². The molecule has 0 saturated heterocycles. The lowest BCUT2D eigenvalue weighted by molar-refractivity contribution is -0.149. The summed E-state index contributed by atoms with van der Waals surface area (Å²) in [5.41, 5.74) is 0. The van der Waals surface area contributed by atoms with E-state index in [1.807, 2.05) is 0 Å². The van der Waals surface area contributed by atoms with Gasteiger partial charge >= 0.3 is 5.97 Å². The molecule has 0 aliphatic rings. The zero-order valence-corrected chi connectivity index (χ0v) is 24.2.